The van der Waals surface area contributed by atoms with Gasteiger partial charge in [-0.25, -0.2) is 8.78 Å². The summed E-state index contributed by atoms with van der Waals surface area (Å²) in [6.07, 6.45) is 0. The van der Waals surface area contributed by atoms with Crippen LogP contribution in [0.15, 0.2) is 97.1 Å². The average molecular weight is 428 g/mol. The molecule has 0 bridgehead atoms. The Hall–Kier alpha value is -4.32. The third kappa shape index (κ3) is 4.70. The van der Waals surface area contributed by atoms with Crippen molar-refractivity contribution in [3.8, 4) is 22.3 Å². The molecule has 4 nitrogen and oxygen atoms in total. The lowest BCUT2D eigenvalue weighted by Gasteiger charge is -2.14. The molecule has 32 heavy (non-hydrogen) atoms. The summed E-state index contributed by atoms with van der Waals surface area (Å²) in [5, 5.41) is 5.07. The van der Waals surface area contributed by atoms with Gasteiger partial charge in [-0.05, 0) is 47.5 Å². The van der Waals surface area contributed by atoms with Crippen LogP contribution in [0.4, 0.5) is 20.2 Å². The Bertz CT molecular complexity index is 1170. The van der Waals surface area contributed by atoms with E-state index >= 15 is 0 Å². The SMILES string of the molecule is O=C(Nc1ccc(F)cc1-c1ccccc1)C(=O)Nc1ccc(F)cc1-c1ccccc1. The van der Waals surface area contributed by atoms with Crippen LogP contribution in [0.25, 0.3) is 22.3 Å². The lowest BCUT2D eigenvalue weighted by Crippen LogP contribution is -2.29. The van der Waals surface area contributed by atoms with Gasteiger partial charge in [0.05, 0.1) is 0 Å². The Kier molecular flexibility index (Phi) is 6.03. The van der Waals surface area contributed by atoms with Crippen molar-refractivity contribution in [2.24, 2.45) is 0 Å². The summed E-state index contributed by atoms with van der Waals surface area (Å²) in [5.74, 6) is -2.80. The van der Waals surface area contributed by atoms with Crippen LogP contribution in [0.5, 0.6) is 0 Å². The summed E-state index contributed by atoms with van der Waals surface area (Å²) in [6, 6.07) is 25.7. The van der Waals surface area contributed by atoms with Crippen LogP contribution in [0.3, 0.4) is 0 Å². The number of carbonyl (C=O) groups excluding carboxylic acids is 2. The normalized spacial score (nSPS) is 10.4. The van der Waals surface area contributed by atoms with Gasteiger partial charge in [0, 0.05) is 22.5 Å². The summed E-state index contributed by atoms with van der Waals surface area (Å²) in [4.78, 5) is 25.2. The van der Waals surface area contributed by atoms with Crippen molar-refractivity contribution < 1.29 is 18.4 Å². The highest BCUT2D eigenvalue weighted by molar-refractivity contribution is 6.44. The Morgan fingerprint density at radius 2 is 0.906 bits per heavy atom. The molecule has 0 spiro atoms. The fourth-order valence-corrected chi connectivity index (χ4v) is 3.32. The van der Waals surface area contributed by atoms with Gasteiger partial charge in [0.2, 0.25) is 0 Å². The molecule has 2 amide bonds. The molecule has 0 saturated carbocycles. The van der Waals surface area contributed by atoms with E-state index in [0.717, 1.165) is 0 Å². The molecule has 0 radical (unpaired) electrons. The molecule has 0 aliphatic heterocycles. The molecule has 0 saturated heterocycles. The third-order valence-electron chi connectivity index (χ3n) is 4.84. The third-order valence-corrected chi connectivity index (χ3v) is 4.84. The zero-order chi connectivity index (χ0) is 22.5. The van der Waals surface area contributed by atoms with Gasteiger partial charge < -0.3 is 10.6 Å². The van der Waals surface area contributed by atoms with Crippen molar-refractivity contribution in [3.63, 3.8) is 0 Å². The van der Waals surface area contributed by atoms with Crippen LogP contribution in [0, 0.1) is 11.6 Å². The van der Waals surface area contributed by atoms with Gasteiger partial charge in [0.1, 0.15) is 11.6 Å². The predicted octanol–water partition coefficient (Wildman–Crippen LogP) is 5.88. The highest BCUT2D eigenvalue weighted by Crippen LogP contribution is 2.30. The van der Waals surface area contributed by atoms with Crippen LogP contribution in [0.1, 0.15) is 0 Å². The van der Waals surface area contributed by atoms with Crippen LogP contribution in [-0.2, 0) is 9.59 Å². The second-order valence-electron chi connectivity index (χ2n) is 7.02. The number of benzene rings is 4. The molecule has 0 aliphatic carbocycles. The number of hydrogen-bond acceptors (Lipinski definition) is 2. The van der Waals surface area contributed by atoms with E-state index < -0.39 is 23.4 Å². The van der Waals surface area contributed by atoms with E-state index in [1.165, 1.54) is 36.4 Å². The summed E-state index contributed by atoms with van der Waals surface area (Å²) < 4.78 is 27.7. The number of hydrogen-bond donors (Lipinski definition) is 2. The quantitative estimate of drug-likeness (QED) is 0.399. The average Bonchev–Trinajstić information content (AvgIpc) is 2.82. The fraction of sp³-hybridized carbons (Fsp3) is 0. The predicted molar refractivity (Wildman–Crippen MR) is 121 cm³/mol. The molecule has 6 heteroatoms. The Labute approximate surface area is 183 Å². The molecule has 0 heterocycles. The molecule has 0 unspecified atom stereocenters. The second kappa shape index (κ2) is 9.22. The van der Waals surface area contributed by atoms with Crippen LogP contribution < -0.4 is 10.6 Å². The topological polar surface area (TPSA) is 58.2 Å². The monoisotopic (exact) mass is 428 g/mol. The fourth-order valence-electron chi connectivity index (χ4n) is 3.32. The van der Waals surface area contributed by atoms with E-state index in [-0.39, 0.29) is 0 Å². The number of rotatable bonds is 4. The highest BCUT2D eigenvalue weighted by atomic mass is 19.1. The molecule has 0 aromatic heterocycles. The van der Waals surface area contributed by atoms with Gasteiger partial charge in [0.15, 0.2) is 0 Å². The molecule has 4 rings (SSSR count). The smallest absolute Gasteiger partial charge is 0.314 e. The number of amides is 2. The zero-order valence-electron chi connectivity index (χ0n) is 16.8. The first-order valence-corrected chi connectivity index (χ1v) is 9.83. The van der Waals surface area contributed by atoms with Crippen LogP contribution in [0.2, 0.25) is 0 Å². The van der Waals surface area contributed by atoms with Crippen molar-refractivity contribution in [3.05, 3.63) is 109 Å². The molecule has 0 fully saturated rings. The first-order valence-electron chi connectivity index (χ1n) is 9.83. The second-order valence-corrected chi connectivity index (χ2v) is 7.02. The molecule has 4 aromatic carbocycles. The molecule has 0 atom stereocenters. The first kappa shape index (κ1) is 20.9. The number of anilines is 2. The number of carbonyl (C=O) groups is 2. The van der Waals surface area contributed by atoms with E-state index in [1.807, 2.05) is 12.1 Å². The van der Waals surface area contributed by atoms with Gasteiger partial charge in [-0.15, -0.1) is 0 Å². The molecule has 0 aliphatic rings. The minimum atomic E-state index is -0.933. The van der Waals surface area contributed by atoms with E-state index in [4.69, 9.17) is 0 Å². The Morgan fingerprint density at radius 1 is 0.531 bits per heavy atom. The molecule has 158 valence electrons. The van der Waals surface area contributed by atoms with Crippen molar-refractivity contribution in [1.82, 2.24) is 0 Å². The van der Waals surface area contributed by atoms with E-state index in [1.54, 1.807) is 48.5 Å². The zero-order valence-corrected chi connectivity index (χ0v) is 16.8. The van der Waals surface area contributed by atoms with Crippen molar-refractivity contribution in [2.45, 2.75) is 0 Å². The van der Waals surface area contributed by atoms with Crippen LogP contribution in [-0.4, -0.2) is 11.8 Å². The molecular weight excluding hydrogens is 410 g/mol. The summed E-state index contributed by atoms with van der Waals surface area (Å²) in [5.41, 5.74) is 2.84. The summed E-state index contributed by atoms with van der Waals surface area (Å²) >= 11 is 0. The lowest BCUT2D eigenvalue weighted by atomic mass is 10.0. The minimum Gasteiger partial charge on any atom is -0.317 e. The number of halogens is 2. The maximum atomic E-state index is 13.8. The van der Waals surface area contributed by atoms with Gasteiger partial charge >= 0.3 is 11.8 Å². The Balaban J connectivity index is 1.58. The minimum absolute atomic E-state index is 0.292. The van der Waals surface area contributed by atoms with E-state index in [0.29, 0.717) is 33.6 Å². The van der Waals surface area contributed by atoms with Crippen molar-refractivity contribution in [2.75, 3.05) is 10.6 Å². The van der Waals surface area contributed by atoms with Gasteiger partial charge in [-0.2, -0.15) is 0 Å². The van der Waals surface area contributed by atoms with Crippen molar-refractivity contribution >= 4 is 23.2 Å². The lowest BCUT2D eigenvalue weighted by molar-refractivity contribution is -0.132. The largest absolute Gasteiger partial charge is 0.317 e. The Morgan fingerprint density at radius 3 is 1.28 bits per heavy atom. The maximum absolute atomic E-state index is 13.8. The van der Waals surface area contributed by atoms with E-state index in [9.17, 15) is 18.4 Å². The molecule has 4 aromatic rings. The van der Waals surface area contributed by atoms with Crippen LogP contribution >= 0.6 is 0 Å². The molecular formula is C26H18F2N2O2. The van der Waals surface area contributed by atoms with Gasteiger partial charge in [0.25, 0.3) is 0 Å². The highest BCUT2D eigenvalue weighted by Gasteiger charge is 2.18. The van der Waals surface area contributed by atoms with Crippen molar-refractivity contribution in [1.29, 1.82) is 0 Å². The van der Waals surface area contributed by atoms with Gasteiger partial charge in [-0.1, -0.05) is 60.7 Å². The van der Waals surface area contributed by atoms with Gasteiger partial charge in [-0.3, -0.25) is 9.59 Å². The van der Waals surface area contributed by atoms with E-state index in [2.05, 4.69) is 10.6 Å². The summed E-state index contributed by atoms with van der Waals surface area (Å²) in [6.45, 7) is 0. The number of nitrogens with one attached hydrogen (secondary N) is 2. The first-order chi connectivity index (χ1) is 15.5. The maximum Gasteiger partial charge on any atom is 0.314 e. The standard InChI is InChI=1S/C26H18F2N2O2/c27-19-11-13-23(21(15-19)17-7-3-1-4-8-17)29-25(31)26(32)30-24-14-12-20(28)16-22(24)18-9-5-2-6-10-18/h1-16H,(H,29,31)(H,30,32). The summed E-state index contributed by atoms with van der Waals surface area (Å²) in [7, 11) is 0. The molecule has 2 N–H and O–H groups in total.